The van der Waals surface area contributed by atoms with Crippen LogP contribution >= 0.6 is 11.3 Å². The van der Waals surface area contributed by atoms with Crippen molar-refractivity contribution < 1.29 is 13.2 Å². The molecule has 0 spiro atoms. The highest BCUT2D eigenvalue weighted by Gasteiger charge is 2.29. The first-order chi connectivity index (χ1) is 17.1. The molecule has 7 nitrogen and oxygen atoms in total. The number of benzene rings is 2. The van der Waals surface area contributed by atoms with Gasteiger partial charge in [-0.25, -0.2) is 13.4 Å². The van der Waals surface area contributed by atoms with Gasteiger partial charge in [0.1, 0.15) is 0 Å². The topological polar surface area (TPSA) is 73.8 Å². The summed E-state index contributed by atoms with van der Waals surface area (Å²) < 4.78 is 28.8. The van der Waals surface area contributed by atoms with Crippen molar-refractivity contribution in [3.63, 3.8) is 0 Å². The molecule has 0 aliphatic carbocycles. The molecule has 1 saturated heterocycles. The van der Waals surface area contributed by atoms with E-state index in [0.717, 1.165) is 41.6 Å². The van der Waals surface area contributed by atoms with Crippen LogP contribution in [0.4, 0.5) is 5.13 Å². The quantitative estimate of drug-likeness (QED) is 0.414. The van der Waals surface area contributed by atoms with Crippen LogP contribution in [0.2, 0.25) is 0 Å². The van der Waals surface area contributed by atoms with E-state index in [4.69, 9.17) is 4.98 Å². The average Bonchev–Trinajstić information content (AvgIpc) is 3.25. The fourth-order valence-corrected chi connectivity index (χ4v) is 7.24. The van der Waals surface area contributed by atoms with E-state index in [1.165, 1.54) is 16.9 Å². The van der Waals surface area contributed by atoms with Crippen molar-refractivity contribution >= 4 is 42.6 Å². The number of nitrogens with zero attached hydrogens (tertiary/aromatic N) is 4. The van der Waals surface area contributed by atoms with Gasteiger partial charge in [0.25, 0.3) is 5.91 Å². The lowest BCUT2D eigenvalue weighted by Crippen LogP contribution is -2.38. The molecule has 0 bridgehead atoms. The molecule has 0 atom stereocenters. The first-order valence-electron chi connectivity index (χ1n) is 12.5. The summed E-state index contributed by atoms with van der Waals surface area (Å²) in [6, 6.07) is 10.6. The number of carbonyl (C=O) groups excluding carboxylic acids is 1. The predicted molar refractivity (Wildman–Crippen MR) is 148 cm³/mol. The summed E-state index contributed by atoms with van der Waals surface area (Å²) in [7, 11) is 0.466. The predicted octanol–water partition coefficient (Wildman–Crippen LogP) is 4.93. The van der Waals surface area contributed by atoms with Crippen LogP contribution in [-0.4, -0.2) is 68.8 Å². The Bertz CT molecular complexity index is 1330. The van der Waals surface area contributed by atoms with E-state index in [1.54, 1.807) is 33.5 Å². The number of carbonyl (C=O) groups is 1. The fourth-order valence-electron chi connectivity index (χ4n) is 4.60. The number of piperidine rings is 1. The smallest absolute Gasteiger partial charge is 0.260 e. The van der Waals surface area contributed by atoms with Crippen LogP contribution in [0.15, 0.2) is 41.3 Å². The van der Waals surface area contributed by atoms with Crippen molar-refractivity contribution in [3.8, 4) is 0 Å². The molecule has 0 unspecified atom stereocenters. The largest absolute Gasteiger partial charge is 0.309 e. The van der Waals surface area contributed by atoms with Gasteiger partial charge in [-0.15, -0.1) is 0 Å². The molecule has 36 heavy (non-hydrogen) atoms. The summed E-state index contributed by atoms with van der Waals surface area (Å²) >= 11 is 1.52. The van der Waals surface area contributed by atoms with Gasteiger partial charge in [-0.3, -0.25) is 9.69 Å². The Balaban J connectivity index is 1.61. The van der Waals surface area contributed by atoms with Crippen LogP contribution < -0.4 is 4.90 Å². The second-order valence-corrected chi connectivity index (χ2v) is 13.1. The number of fused-ring (bicyclic) bond motifs is 1. The number of thiazole rings is 1. The lowest BCUT2D eigenvalue weighted by molar-refractivity contribution is 0.0986. The monoisotopic (exact) mass is 528 g/mol. The maximum absolute atomic E-state index is 13.7. The zero-order chi connectivity index (χ0) is 26.0. The van der Waals surface area contributed by atoms with Crippen molar-refractivity contribution in [2.45, 2.75) is 44.9 Å². The minimum Gasteiger partial charge on any atom is -0.309 e. The van der Waals surface area contributed by atoms with Crippen LogP contribution in [0.5, 0.6) is 0 Å². The molecule has 0 saturated carbocycles. The van der Waals surface area contributed by atoms with Gasteiger partial charge in [-0.05, 0) is 101 Å². The molecule has 1 aliphatic heterocycles. The Kier molecular flexibility index (Phi) is 8.14. The Morgan fingerprint density at radius 3 is 2.39 bits per heavy atom. The number of amides is 1. The molecule has 0 N–H and O–H groups in total. The van der Waals surface area contributed by atoms with Crippen molar-refractivity contribution in [1.82, 2.24) is 14.2 Å². The van der Waals surface area contributed by atoms with Crippen LogP contribution in [-0.2, 0) is 10.0 Å². The van der Waals surface area contributed by atoms with E-state index < -0.39 is 10.0 Å². The Hall–Kier alpha value is -2.33. The van der Waals surface area contributed by atoms with E-state index in [9.17, 15) is 13.2 Å². The molecular formula is C27H36N4O3S2. The molecule has 3 aromatic rings. The summed E-state index contributed by atoms with van der Waals surface area (Å²) in [4.78, 5) is 22.6. The molecule has 1 aliphatic rings. The molecule has 2 aromatic carbocycles. The molecule has 1 fully saturated rings. The van der Waals surface area contributed by atoms with Crippen molar-refractivity contribution in [2.75, 3.05) is 45.2 Å². The minimum atomic E-state index is -3.56. The van der Waals surface area contributed by atoms with Crippen LogP contribution in [0.25, 0.3) is 10.2 Å². The third-order valence-electron chi connectivity index (χ3n) is 6.76. The van der Waals surface area contributed by atoms with Gasteiger partial charge in [0.05, 0.1) is 15.1 Å². The van der Waals surface area contributed by atoms with Crippen LogP contribution in [0.3, 0.4) is 0 Å². The van der Waals surface area contributed by atoms with Crippen LogP contribution in [0, 0.1) is 19.8 Å². The van der Waals surface area contributed by atoms with E-state index in [-0.39, 0.29) is 10.8 Å². The molecule has 1 aromatic heterocycles. The number of sulfonamides is 1. The first kappa shape index (κ1) is 26.7. The summed E-state index contributed by atoms with van der Waals surface area (Å²) in [5.74, 6) is 0.378. The number of rotatable bonds is 8. The number of anilines is 1. The molecule has 9 heteroatoms. The Morgan fingerprint density at radius 2 is 1.75 bits per heavy atom. The van der Waals surface area contributed by atoms with Crippen molar-refractivity contribution in [2.24, 2.45) is 5.92 Å². The zero-order valence-corrected chi connectivity index (χ0v) is 23.5. The minimum absolute atomic E-state index is 0.169. The second-order valence-electron chi connectivity index (χ2n) is 10.1. The average molecular weight is 529 g/mol. The highest BCUT2D eigenvalue weighted by Crippen LogP contribution is 2.33. The van der Waals surface area contributed by atoms with Gasteiger partial charge in [-0.2, -0.15) is 4.31 Å². The molecule has 4 rings (SSSR count). The van der Waals surface area contributed by atoms with Gasteiger partial charge in [-0.1, -0.05) is 24.3 Å². The zero-order valence-electron chi connectivity index (χ0n) is 21.8. The Morgan fingerprint density at radius 1 is 1.08 bits per heavy atom. The van der Waals surface area contributed by atoms with Crippen LogP contribution in [0.1, 0.15) is 47.7 Å². The molecule has 1 amide bonds. The number of hydrogen-bond acceptors (Lipinski definition) is 6. The lowest BCUT2D eigenvalue weighted by atomic mass is 10.0. The number of aryl methyl sites for hydroxylation is 2. The summed E-state index contributed by atoms with van der Waals surface area (Å²) in [6.07, 6.45) is 2.55. The lowest BCUT2D eigenvalue weighted by Gasteiger charge is -2.29. The molecule has 0 radical (unpaired) electrons. The van der Waals surface area contributed by atoms with E-state index >= 15 is 0 Å². The highest BCUT2D eigenvalue weighted by atomic mass is 32.2. The maximum atomic E-state index is 13.7. The molecular weight excluding hydrogens is 492 g/mol. The maximum Gasteiger partial charge on any atom is 0.260 e. The molecule has 2 heterocycles. The summed E-state index contributed by atoms with van der Waals surface area (Å²) in [5.41, 5.74) is 3.64. The van der Waals surface area contributed by atoms with Gasteiger partial charge < -0.3 is 4.90 Å². The summed E-state index contributed by atoms with van der Waals surface area (Å²) in [5, 5.41) is 0.668. The van der Waals surface area contributed by atoms with E-state index in [0.29, 0.717) is 36.2 Å². The van der Waals surface area contributed by atoms with Gasteiger partial charge in [0.15, 0.2) is 5.13 Å². The van der Waals surface area contributed by atoms with Crippen molar-refractivity contribution in [3.05, 3.63) is 53.1 Å². The summed E-state index contributed by atoms with van der Waals surface area (Å²) in [6.45, 7) is 8.72. The van der Waals surface area contributed by atoms with Crippen molar-refractivity contribution in [1.29, 1.82) is 0 Å². The van der Waals surface area contributed by atoms with Gasteiger partial charge >= 0.3 is 0 Å². The Labute approximate surface area is 218 Å². The van der Waals surface area contributed by atoms with Gasteiger partial charge in [0, 0.05) is 25.2 Å². The number of hydrogen-bond donors (Lipinski definition) is 0. The third-order valence-corrected chi connectivity index (χ3v) is 9.70. The van der Waals surface area contributed by atoms with E-state index in [1.807, 2.05) is 21.0 Å². The van der Waals surface area contributed by atoms with E-state index in [2.05, 4.69) is 30.9 Å². The molecule has 194 valence electrons. The normalized spacial score (nSPS) is 15.6. The SMILES string of the molecule is Cc1cc(C)c2nc(N(CCCN(C)C)C(=O)c3ccc(S(=O)(=O)N4CCC(C)CC4)cc3)sc2c1. The second kappa shape index (κ2) is 11.0. The fraction of sp³-hybridized carbons (Fsp3) is 0.481. The van der Waals surface area contributed by atoms with Gasteiger partial charge in [0.2, 0.25) is 10.0 Å². The third kappa shape index (κ3) is 5.80. The highest BCUT2D eigenvalue weighted by molar-refractivity contribution is 7.89. The number of aromatic nitrogens is 1. The first-order valence-corrected chi connectivity index (χ1v) is 14.8. The standard InChI is InChI=1S/C27H36N4O3S2/c1-19-11-15-30(16-12-19)36(33,34)23-9-7-22(8-10-23)26(32)31(14-6-13-29(4)5)27-28-25-21(3)17-20(2)18-24(25)35-27/h7-10,17-19H,6,11-16H2,1-5H3.